The number of aliphatic carboxylic acids is 1. The Labute approximate surface area is 185 Å². The molecular weight excluding hydrogens is 428 g/mol. The summed E-state index contributed by atoms with van der Waals surface area (Å²) in [6.07, 6.45) is 3.36. The lowest BCUT2D eigenvalue weighted by Crippen LogP contribution is -2.56. The molecule has 0 aliphatic rings. The first kappa shape index (κ1) is 28.6. The summed E-state index contributed by atoms with van der Waals surface area (Å²) in [5.74, 6) is -3.17. The summed E-state index contributed by atoms with van der Waals surface area (Å²) in [6.45, 7) is -0.211. The molecule has 0 spiro atoms. The average Bonchev–Trinajstić information content (AvgIpc) is 2.71. The van der Waals surface area contributed by atoms with E-state index in [4.69, 9.17) is 22.3 Å². The second kappa shape index (κ2) is 16.3. The quantitative estimate of drug-likeness (QED) is 0.115. The molecule has 0 rings (SSSR count). The van der Waals surface area contributed by atoms with Crippen molar-refractivity contribution in [1.82, 2.24) is 16.0 Å². The third-order valence-corrected chi connectivity index (χ3v) is 4.92. The van der Waals surface area contributed by atoms with Gasteiger partial charge in [-0.25, -0.2) is 0 Å². The number of carbonyl (C=O) groups excluding carboxylic acids is 4. The van der Waals surface area contributed by atoms with E-state index in [1.54, 1.807) is 0 Å². The number of hydrogen-bond acceptors (Lipinski definition) is 8. The van der Waals surface area contributed by atoms with Crippen LogP contribution in [0, 0.1) is 0 Å². The number of unbranched alkanes of at least 4 members (excludes halogenated alkanes) is 1. The number of amides is 4. The number of primary amides is 1. The van der Waals surface area contributed by atoms with Gasteiger partial charge in [-0.15, -0.1) is 0 Å². The summed E-state index contributed by atoms with van der Waals surface area (Å²) in [5.41, 5.74) is 16.4. The van der Waals surface area contributed by atoms with Crippen LogP contribution >= 0.6 is 11.8 Å². The van der Waals surface area contributed by atoms with Crippen LogP contribution in [0.4, 0.5) is 0 Å². The molecule has 0 bridgehead atoms. The highest BCUT2D eigenvalue weighted by molar-refractivity contribution is 7.98. The molecule has 10 N–H and O–H groups in total. The van der Waals surface area contributed by atoms with Crippen LogP contribution in [0.25, 0.3) is 0 Å². The van der Waals surface area contributed by atoms with Gasteiger partial charge in [-0.1, -0.05) is 0 Å². The van der Waals surface area contributed by atoms with E-state index in [1.165, 1.54) is 11.8 Å². The highest BCUT2D eigenvalue weighted by Gasteiger charge is 2.28. The van der Waals surface area contributed by atoms with Gasteiger partial charge in [-0.05, 0) is 50.7 Å². The van der Waals surface area contributed by atoms with E-state index in [0.29, 0.717) is 31.6 Å². The van der Waals surface area contributed by atoms with E-state index in [9.17, 15) is 24.0 Å². The normalized spacial score (nSPS) is 13.5. The number of carbonyl (C=O) groups is 5. The number of carboxylic acid groups (broad SMARTS) is 1. The lowest BCUT2D eigenvalue weighted by atomic mass is 10.1. The average molecular weight is 463 g/mol. The van der Waals surface area contributed by atoms with Crippen LogP contribution < -0.4 is 33.2 Å². The molecule has 12 nitrogen and oxygen atoms in total. The zero-order valence-electron chi connectivity index (χ0n) is 17.7. The summed E-state index contributed by atoms with van der Waals surface area (Å²) in [5, 5.41) is 16.0. The molecule has 0 fully saturated rings. The number of nitrogens with two attached hydrogens (primary N) is 3. The topological polar surface area (TPSA) is 220 Å². The van der Waals surface area contributed by atoms with E-state index in [2.05, 4.69) is 16.0 Å². The molecule has 0 saturated carbocycles. The van der Waals surface area contributed by atoms with Crippen molar-refractivity contribution in [2.45, 2.75) is 56.7 Å². The third-order valence-electron chi connectivity index (χ3n) is 4.28. The van der Waals surface area contributed by atoms with Crippen molar-refractivity contribution in [2.75, 3.05) is 25.1 Å². The molecular formula is C18H34N6O6S. The van der Waals surface area contributed by atoms with Gasteiger partial charge in [0.25, 0.3) is 0 Å². The van der Waals surface area contributed by atoms with E-state index in [0.717, 1.165) is 0 Å². The van der Waals surface area contributed by atoms with Crippen LogP contribution in [0.2, 0.25) is 0 Å². The van der Waals surface area contributed by atoms with Crippen LogP contribution in [0.3, 0.4) is 0 Å². The molecule has 0 aromatic heterocycles. The molecule has 178 valence electrons. The largest absolute Gasteiger partial charge is 0.480 e. The first-order valence-corrected chi connectivity index (χ1v) is 11.3. The van der Waals surface area contributed by atoms with Crippen molar-refractivity contribution in [3.05, 3.63) is 0 Å². The molecule has 0 heterocycles. The zero-order chi connectivity index (χ0) is 23.8. The Bertz CT molecular complexity index is 620. The maximum atomic E-state index is 12.8. The SMILES string of the molecule is CSCCC(N)C(=O)NC(CCC(N)=O)C(=O)NC(CCCCN)C(=O)NCC(=O)O. The number of nitrogens with one attached hydrogen (secondary N) is 3. The minimum absolute atomic E-state index is 0.0750. The van der Waals surface area contributed by atoms with Crippen LogP contribution in [0.5, 0.6) is 0 Å². The van der Waals surface area contributed by atoms with Crippen molar-refractivity contribution >= 4 is 41.4 Å². The van der Waals surface area contributed by atoms with Crippen LogP contribution in [0.15, 0.2) is 0 Å². The Kier molecular flexibility index (Phi) is 15.1. The molecule has 13 heteroatoms. The van der Waals surface area contributed by atoms with Gasteiger partial charge >= 0.3 is 5.97 Å². The molecule has 0 aliphatic carbocycles. The van der Waals surface area contributed by atoms with Gasteiger partial charge in [0.1, 0.15) is 18.6 Å². The molecule has 0 radical (unpaired) electrons. The van der Waals surface area contributed by atoms with Crippen molar-refractivity contribution in [3.8, 4) is 0 Å². The van der Waals surface area contributed by atoms with Crippen molar-refractivity contribution in [2.24, 2.45) is 17.2 Å². The molecule has 0 aliphatic heterocycles. The standard InChI is InChI=1S/C18H34N6O6S/c1-31-9-7-11(20)16(28)23-13(5-6-14(21)25)18(30)24-12(4-2-3-8-19)17(29)22-10-15(26)27/h11-13H,2-10,19-20H2,1H3,(H2,21,25)(H,22,29)(H,23,28)(H,24,30)(H,26,27). The fourth-order valence-corrected chi connectivity index (χ4v) is 3.02. The Balaban J connectivity index is 5.24. The van der Waals surface area contributed by atoms with Crippen LogP contribution in [0.1, 0.15) is 38.5 Å². The Morgan fingerprint density at radius 1 is 0.935 bits per heavy atom. The van der Waals surface area contributed by atoms with Crippen LogP contribution in [-0.2, 0) is 24.0 Å². The maximum Gasteiger partial charge on any atom is 0.322 e. The minimum atomic E-state index is -1.23. The first-order chi connectivity index (χ1) is 14.6. The molecule has 3 atom stereocenters. The Hall–Kier alpha value is -2.38. The van der Waals surface area contributed by atoms with Gasteiger partial charge in [-0.3, -0.25) is 24.0 Å². The zero-order valence-corrected chi connectivity index (χ0v) is 18.5. The summed E-state index contributed by atoms with van der Waals surface area (Å²) < 4.78 is 0. The van der Waals surface area contributed by atoms with Gasteiger partial charge < -0.3 is 38.3 Å². The lowest BCUT2D eigenvalue weighted by molar-refractivity contribution is -0.138. The number of rotatable bonds is 17. The van der Waals surface area contributed by atoms with E-state index < -0.39 is 54.3 Å². The van der Waals surface area contributed by atoms with E-state index >= 15 is 0 Å². The Morgan fingerprint density at radius 3 is 2.10 bits per heavy atom. The molecule has 0 aromatic rings. The second-order valence-electron chi connectivity index (χ2n) is 6.91. The molecule has 31 heavy (non-hydrogen) atoms. The Morgan fingerprint density at radius 2 is 1.55 bits per heavy atom. The van der Waals surface area contributed by atoms with Crippen LogP contribution in [-0.4, -0.2) is 77.9 Å². The summed E-state index contributed by atoms with van der Waals surface area (Å²) in [4.78, 5) is 59.3. The predicted molar refractivity (Wildman–Crippen MR) is 117 cm³/mol. The smallest absolute Gasteiger partial charge is 0.322 e. The molecule has 0 saturated heterocycles. The fourth-order valence-electron chi connectivity index (χ4n) is 2.53. The van der Waals surface area contributed by atoms with Gasteiger partial charge in [0.05, 0.1) is 6.04 Å². The maximum absolute atomic E-state index is 12.8. The lowest BCUT2D eigenvalue weighted by Gasteiger charge is -2.24. The van der Waals surface area contributed by atoms with E-state index in [-0.39, 0.29) is 19.3 Å². The highest BCUT2D eigenvalue weighted by Crippen LogP contribution is 2.05. The summed E-state index contributed by atoms with van der Waals surface area (Å²) in [6, 6.07) is -3.00. The summed E-state index contributed by atoms with van der Waals surface area (Å²) >= 11 is 1.52. The first-order valence-electron chi connectivity index (χ1n) is 9.95. The number of thioether (sulfide) groups is 1. The van der Waals surface area contributed by atoms with E-state index in [1.807, 2.05) is 6.26 Å². The number of carboxylic acids is 1. The monoisotopic (exact) mass is 462 g/mol. The second-order valence-corrected chi connectivity index (χ2v) is 7.90. The van der Waals surface area contributed by atoms with Crippen molar-refractivity contribution < 1.29 is 29.1 Å². The van der Waals surface area contributed by atoms with Gasteiger partial charge in [0.15, 0.2) is 0 Å². The molecule has 4 amide bonds. The number of hydrogen-bond donors (Lipinski definition) is 7. The summed E-state index contributed by atoms with van der Waals surface area (Å²) in [7, 11) is 0. The van der Waals surface area contributed by atoms with Crippen molar-refractivity contribution in [3.63, 3.8) is 0 Å². The molecule has 0 aromatic carbocycles. The molecule has 3 unspecified atom stereocenters. The minimum Gasteiger partial charge on any atom is -0.480 e. The third kappa shape index (κ3) is 13.5. The van der Waals surface area contributed by atoms with Gasteiger partial charge in [0.2, 0.25) is 23.6 Å². The van der Waals surface area contributed by atoms with Crippen molar-refractivity contribution in [1.29, 1.82) is 0 Å². The predicted octanol–water partition coefficient (Wildman–Crippen LogP) is -2.37. The fraction of sp³-hybridized carbons (Fsp3) is 0.722. The van der Waals surface area contributed by atoms with Gasteiger partial charge in [0, 0.05) is 6.42 Å². The highest BCUT2D eigenvalue weighted by atomic mass is 32.2. The van der Waals surface area contributed by atoms with Gasteiger partial charge in [-0.2, -0.15) is 11.8 Å².